The summed E-state index contributed by atoms with van der Waals surface area (Å²) in [4.78, 5) is 16.6. The van der Waals surface area contributed by atoms with Crippen LogP contribution in [0.5, 0.6) is 5.75 Å². The fraction of sp³-hybridized carbons (Fsp3) is 0.0769. The highest BCUT2D eigenvalue weighted by Crippen LogP contribution is 2.35. The Hall–Kier alpha value is -4.59. The van der Waals surface area contributed by atoms with Gasteiger partial charge in [0.15, 0.2) is 0 Å². The number of halogens is 1. The van der Waals surface area contributed by atoms with E-state index in [4.69, 9.17) is 4.74 Å². The van der Waals surface area contributed by atoms with Crippen molar-refractivity contribution in [1.82, 2.24) is 30.1 Å². The number of rotatable bonds is 4. The summed E-state index contributed by atoms with van der Waals surface area (Å²) in [5, 5.41) is 9.45. The Balaban J connectivity index is 1.49. The lowest BCUT2D eigenvalue weighted by molar-refractivity contribution is 0.413. The maximum Gasteiger partial charge on any atom is 0.137 e. The largest absolute Gasteiger partial charge is 0.495 e. The molecular formula is C26H19FN6O. The van der Waals surface area contributed by atoms with E-state index in [1.807, 2.05) is 31.2 Å². The van der Waals surface area contributed by atoms with Crippen LogP contribution in [0.15, 0.2) is 67.4 Å². The maximum absolute atomic E-state index is 14.1. The molecule has 0 aliphatic carbocycles. The number of aromatic amines is 2. The second-order valence-electron chi connectivity index (χ2n) is 8.15. The van der Waals surface area contributed by atoms with Gasteiger partial charge in [-0.1, -0.05) is 6.07 Å². The van der Waals surface area contributed by atoms with Crippen molar-refractivity contribution in [2.75, 3.05) is 7.11 Å². The van der Waals surface area contributed by atoms with Gasteiger partial charge in [0, 0.05) is 34.3 Å². The zero-order chi connectivity index (χ0) is 23.2. The number of fused-ring (bicyclic) bond motifs is 2. The van der Waals surface area contributed by atoms with Gasteiger partial charge in [0.1, 0.15) is 17.3 Å². The molecule has 0 aliphatic rings. The van der Waals surface area contributed by atoms with E-state index in [1.54, 1.807) is 38.1 Å². The van der Waals surface area contributed by atoms with Gasteiger partial charge in [0.05, 0.1) is 48.1 Å². The molecule has 0 aliphatic heterocycles. The average molecular weight is 450 g/mol. The topological polar surface area (TPSA) is 92.4 Å². The van der Waals surface area contributed by atoms with Gasteiger partial charge < -0.3 is 9.72 Å². The fourth-order valence-electron chi connectivity index (χ4n) is 4.25. The van der Waals surface area contributed by atoms with E-state index in [-0.39, 0.29) is 5.82 Å². The highest BCUT2D eigenvalue weighted by Gasteiger charge is 2.16. The van der Waals surface area contributed by atoms with Crippen LogP contribution in [0.2, 0.25) is 0 Å². The zero-order valence-electron chi connectivity index (χ0n) is 18.4. The third-order valence-corrected chi connectivity index (χ3v) is 5.85. The molecule has 0 saturated carbocycles. The number of aryl methyl sites for hydroxylation is 1. The summed E-state index contributed by atoms with van der Waals surface area (Å²) in [5.41, 5.74) is 7.33. The summed E-state index contributed by atoms with van der Waals surface area (Å²) >= 11 is 0. The molecule has 0 fully saturated rings. The van der Waals surface area contributed by atoms with Gasteiger partial charge in [-0.25, -0.2) is 4.39 Å². The van der Waals surface area contributed by atoms with E-state index in [9.17, 15) is 4.39 Å². The van der Waals surface area contributed by atoms with Crippen molar-refractivity contribution >= 4 is 21.8 Å². The lowest BCUT2D eigenvalue weighted by Gasteiger charge is -2.05. The highest BCUT2D eigenvalue weighted by molar-refractivity contribution is 6.01. The van der Waals surface area contributed by atoms with E-state index in [1.165, 1.54) is 12.1 Å². The predicted molar refractivity (Wildman–Crippen MR) is 129 cm³/mol. The third kappa shape index (κ3) is 3.36. The average Bonchev–Trinajstić information content (AvgIpc) is 3.46. The van der Waals surface area contributed by atoms with Crippen molar-refractivity contribution in [3.8, 4) is 39.5 Å². The molecule has 0 atom stereocenters. The number of nitrogens with one attached hydrogen (secondary N) is 2. The Morgan fingerprint density at radius 2 is 1.71 bits per heavy atom. The molecule has 0 amide bonds. The second-order valence-corrected chi connectivity index (χ2v) is 8.15. The number of ether oxygens (including phenoxy) is 1. The van der Waals surface area contributed by atoms with Crippen molar-refractivity contribution in [2.45, 2.75) is 6.92 Å². The van der Waals surface area contributed by atoms with Gasteiger partial charge in [0.25, 0.3) is 0 Å². The minimum atomic E-state index is -0.270. The number of pyridine rings is 3. The van der Waals surface area contributed by atoms with Gasteiger partial charge in [-0.2, -0.15) is 5.10 Å². The van der Waals surface area contributed by atoms with Crippen LogP contribution in [0.4, 0.5) is 4.39 Å². The minimum absolute atomic E-state index is 0.270. The van der Waals surface area contributed by atoms with Crippen molar-refractivity contribution in [2.24, 2.45) is 0 Å². The molecule has 34 heavy (non-hydrogen) atoms. The van der Waals surface area contributed by atoms with Gasteiger partial charge in [-0.05, 0) is 48.4 Å². The van der Waals surface area contributed by atoms with E-state index >= 15 is 0 Å². The van der Waals surface area contributed by atoms with Crippen LogP contribution in [0.1, 0.15) is 5.56 Å². The molecule has 6 rings (SSSR count). The van der Waals surface area contributed by atoms with Crippen molar-refractivity contribution in [1.29, 1.82) is 0 Å². The molecule has 1 aromatic carbocycles. The van der Waals surface area contributed by atoms with Gasteiger partial charge >= 0.3 is 0 Å². The first kappa shape index (κ1) is 20.0. The maximum atomic E-state index is 14.1. The first-order chi connectivity index (χ1) is 16.6. The Morgan fingerprint density at radius 1 is 0.824 bits per heavy atom. The summed E-state index contributed by atoms with van der Waals surface area (Å²) < 4.78 is 19.4. The SMILES string of the molecule is COc1cncc(-c2cc3c(-c4cc5c(-c6cc(C)cc(F)c6)cncc5[nH]4)n[nH]c3cn2)c1. The summed E-state index contributed by atoms with van der Waals surface area (Å²) in [6, 6.07) is 10.9. The number of nitrogens with zero attached hydrogens (tertiary/aromatic N) is 4. The van der Waals surface area contributed by atoms with Crippen molar-refractivity contribution < 1.29 is 9.13 Å². The lowest BCUT2D eigenvalue weighted by Crippen LogP contribution is -1.88. The first-order valence-electron chi connectivity index (χ1n) is 10.7. The zero-order valence-corrected chi connectivity index (χ0v) is 18.4. The molecular weight excluding hydrogens is 431 g/mol. The molecule has 7 nitrogen and oxygen atoms in total. The molecule has 0 radical (unpaired) electrons. The monoisotopic (exact) mass is 450 g/mol. The van der Waals surface area contributed by atoms with Crippen LogP contribution in [0.3, 0.4) is 0 Å². The first-order valence-corrected chi connectivity index (χ1v) is 10.7. The Bertz CT molecular complexity index is 1670. The second kappa shape index (κ2) is 7.77. The molecule has 6 aromatic rings. The van der Waals surface area contributed by atoms with E-state index in [2.05, 4.69) is 30.1 Å². The number of methoxy groups -OCH3 is 1. The van der Waals surface area contributed by atoms with Crippen LogP contribution in [0.25, 0.3) is 55.6 Å². The molecule has 5 heterocycles. The van der Waals surface area contributed by atoms with Crippen LogP contribution in [-0.4, -0.2) is 37.2 Å². The van der Waals surface area contributed by atoms with Crippen molar-refractivity contribution in [3.05, 3.63) is 78.8 Å². The highest BCUT2D eigenvalue weighted by atomic mass is 19.1. The number of aromatic nitrogens is 6. The van der Waals surface area contributed by atoms with Gasteiger partial charge in [-0.15, -0.1) is 0 Å². The van der Waals surface area contributed by atoms with E-state index in [0.717, 1.165) is 61.1 Å². The summed E-state index contributed by atoms with van der Waals surface area (Å²) in [7, 11) is 1.61. The minimum Gasteiger partial charge on any atom is -0.495 e. The number of hydrogen-bond acceptors (Lipinski definition) is 5. The molecule has 0 bridgehead atoms. The summed E-state index contributed by atoms with van der Waals surface area (Å²) in [6.45, 7) is 1.88. The predicted octanol–water partition coefficient (Wildman–Crippen LogP) is 5.69. The Morgan fingerprint density at radius 3 is 2.56 bits per heavy atom. The van der Waals surface area contributed by atoms with Crippen LogP contribution in [-0.2, 0) is 0 Å². The quantitative estimate of drug-likeness (QED) is 0.360. The smallest absolute Gasteiger partial charge is 0.137 e. The Labute approximate surface area is 193 Å². The molecule has 2 N–H and O–H groups in total. The van der Waals surface area contributed by atoms with Crippen LogP contribution in [0, 0.1) is 12.7 Å². The van der Waals surface area contributed by atoms with E-state index < -0.39 is 0 Å². The van der Waals surface area contributed by atoms with Gasteiger partial charge in [0.2, 0.25) is 0 Å². The van der Waals surface area contributed by atoms with Gasteiger partial charge in [-0.3, -0.25) is 20.1 Å². The third-order valence-electron chi connectivity index (χ3n) is 5.85. The van der Waals surface area contributed by atoms with Crippen molar-refractivity contribution in [3.63, 3.8) is 0 Å². The summed E-state index contributed by atoms with van der Waals surface area (Å²) in [6.07, 6.45) is 8.68. The number of benzene rings is 1. The normalized spacial score (nSPS) is 11.4. The number of hydrogen-bond donors (Lipinski definition) is 2. The molecule has 5 aromatic heterocycles. The fourth-order valence-corrected chi connectivity index (χ4v) is 4.25. The molecule has 8 heteroatoms. The number of H-pyrrole nitrogens is 2. The lowest BCUT2D eigenvalue weighted by atomic mass is 10.0. The van der Waals surface area contributed by atoms with Crippen LogP contribution < -0.4 is 4.74 Å². The van der Waals surface area contributed by atoms with Crippen LogP contribution >= 0.6 is 0 Å². The Kier molecular flexibility index (Phi) is 4.58. The van der Waals surface area contributed by atoms with E-state index in [0.29, 0.717) is 5.75 Å². The standard InChI is InChI=1S/C26H19FN6O/c1-14-3-15(5-17(27)4-14)21-11-29-12-24-19(21)7-23(31-24)26-20-8-22(30-13-25(20)32-33-26)16-6-18(34-2)10-28-9-16/h3-13,31H,1-2H3,(H,32,33). The molecule has 0 spiro atoms. The summed E-state index contributed by atoms with van der Waals surface area (Å²) in [5.74, 6) is 0.392. The molecule has 0 saturated heterocycles. The molecule has 0 unspecified atom stereocenters. The molecule has 166 valence electrons.